The monoisotopic (exact) mass is 186 g/mol. The van der Waals surface area contributed by atoms with Gasteiger partial charge in [0.1, 0.15) is 19.1 Å². The number of ether oxygens (including phenoxy) is 1. The van der Waals surface area contributed by atoms with Crippen molar-refractivity contribution in [2.75, 3.05) is 13.3 Å². The molecule has 0 fully saturated rings. The smallest absolute Gasteiger partial charge is 0.338 e. The van der Waals surface area contributed by atoms with Gasteiger partial charge in [-0.25, -0.2) is 13.6 Å². The molecule has 0 unspecified atom stereocenters. The minimum atomic E-state index is -0.735. The van der Waals surface area contributed by atoms with Crippen LogP contribution >= 0.6 is 0 Å². The second-order valence-electron chi connectivity index (χ2n) is 2.34. The summed E-state index contributed by atoms with van der Waals surface area (Å²) in [5.41, 5.74) is 0.0912. The molecule has 0 saturated heterocycles. The van der Waals surface area contributed by atoms with E-state index in [1.165, 1.54) is 18.2 Å². The molecule has 1 aromatic rings. The second-order valence-corrected chi connectivity index (χ2v) is 2.34. The van der Waals surface area contributed by atoms with Crippen LogP contribution in [-0.2, 0) is 4.74 Å². The Hall–Kier alpha value is -1.45. The standard InChI is InChI=1S/C9H8F2O2/c10-4-5-13-9(12)7-2-1-3-8(11)6-7/h1-3,6H,4-5H2. The lowest BCUT2D eigenvalue weighted by Gasteiger charge is -2.01. The molecule has 0 aliphatic rings. The lowest BCUT2D eigenvalue weighted by atomic mass is 10.2. The Morgan fingerprint density at radius 2 is 2.23 bits per heavy atom. The molecule has 13 heavy (non-hydrogen) atoms. The van der Waals surface area contributed by atoms with Crippen LogP contribution in [0.1, 0.15) is 10.4 Å². The molecule has 0 amide bonds. The Bertz CT molecular complexity index is 299. The molecule has 2 nitrogen and oxygen atoms in total. The minimum absolute atomic E-state index is 0.0912. The SMILES string of the molecule is O=C(OCCF)c1cccc(F)c1. The fourth-order valence-electron chi connectivity index (χ4n) is 0.830. The number of benzene rings is 1. The first-order valence-corrected chi connectivity index (χ1v) is 3.72. The Labute approximate surface area is 74.1 Å². The zero-order valence-corrected chi connectivity index (χ0v) is 6.80. The quantitative estimate of drug-likeness (QED) is 0.674. The van der Waals surface area contributed by atoms with Gasteiger partial charge in [0.25, 0.3) is 0 Å². The number of halogens is 2. The molecule has 0 radical (unpaired) electrons. The molecule has 0 aliphatic carbocycles. The summed E-state index contributed by atoms with van der Waals surface area (Å²) in [7, 11) is 0. The van der Waals surface area contributed by atoms with E-state index >= 15 is 0 Å². The normalized spacial score (nSPS) is 9.69. The second kappa shape index (κ2) is 4.54. The molecule has 0 heterocycles. The first-order valence-electron chi connectivity index (χ1n) is 3.72. The topological polar surface area (TPSA) is 26.3 Å². The van der Waals surface area contributed by atoms with Gasteiger partial charge in [0, 0.05) is 0 Å². The third-order valence-corrected chi connectivity index (χ3v) is 1.37. The zero-order chi connectivity index (χ0) is 9.68. The van der Waals surface area contributed by atoms with E-state index < -0.39 is 18.5 Å². The summed E-state index contributed by atoms with van der Waals surface area (Å²) in [6.45, 7) is -1.03. The van der Waals surface area contributed by atoms with Crippen LogP contribution in [0, 0.1) is 5.82 Å². The number of carbonyl (C=O) groups is 1. The number of hydrogen-bond acceptors (Lipinski definition) is 2. The molecule has 0 aromatic heterocycles. The molecule has 0 spiro atoms. The van der Waals surface area contributed by atoms with Crippen LogP contribution in [0.15, 0.2) is 24.3 Å². The first-order chi connectivity index (χ1) is 6.24. The van der Waals surface area contributed by atoms with Gasteiger partial charge in [-0.2, -0.15) is 0 Å². The van der Waals surface area contributed by atoms with Crippen LogP contribution in [0.5, 0.6) is 0 Å². The van der Waals surface area contributed by atoms with E-state index in [1.807, 2.05) is 0 Å². The summed E-state index contributed by atoms with van der Waals surface area (Å²) in [5.74, 6) is -1.23. The molecule has 0 atom stereocenters. The summed E-state index contributed by atoms with van der Waals surface area (Å²) in [4.78, 5) is 11.0. The lowest BCUT2D eigenvalue weighted by molar-refractivity contribution is 0.0480. The van der Waals surface area contributed by atoms with Gasteiger partial charge in [0.05, 0.1) is 5.56 Å². The van der Waals surface area contributed by atoms with Gasteiger partial charge in [-0.3, -0.25) is 0 Å². The fraction of sp³-hybridized carbons (Fsp3) is 0.222. The Morgan fingerprint density at radius 3 is 2.85 bits per heavy atom. The average Bonchev–Trinajstić information content (AvgIpc) is 2.14. The van der Waals surface area contributed by atoms with Crippen molar-refractivity contribution in [1.29, 1.82) is 0 Å². The van der Waals surface area contributed by atoms with Crippen molar-refractivity contribution in [3.05, 3.63) is 35.6 Å². The van der Waals surface area contributed by atoms with Crippen LogP contribution in [0.25, 0.3) is 0 Å². The number of esters is 1. The number of hydrogen-bond donors (Lipinski definition) is 0. The summed E-state index contributed by atoms with van der Waals surface area (Å²) in [6, 6.07) is 5.05. The van der Waals surface area contributed by atoms with E-state index in [-0.39, 0.29) is 12.2 Å². The highest BCUT2D eigenvalue weighted by Crippen LogP contribution is 2.04. The number of carbonyl (C=O) groups excluding carboxylic acids is 1. The van der Waals surface area contributed by atoms with Crippen molar-refractivity contribution in [3.63, 3.8) is 0 Å². The average molecular weight is 186 g/mol. The largest absolute Gasteiger partial charge is 0.459 e. The highest BCUT2D eigenvalue weighted by atomic mass is 19.1. The van der Waals surface area contributed by atoms with Gasteiger partial charge >= 0.3 is 5.97 Å². The maximum Gasteiger partial charge on any atom is 0.338 e. The molecule has 4 heteroatoms. The summed E-state index contributed by atoms with van der Waals surface area (Å²) in [6.07, 6.45) is 0. The molecular formula is C9H8F2O2. The predicted octanol–water partition coefficient (Wildman–Crippen LogP) is 1.95. The molecule has 0 saturated carbocycles. The van der Waals surface area contributed by atoms with Crippen LogP contribution in [-0.4, -0.2) is 19.3 Å². The van der Waals surface area contributed by atoms with Crippen molar-refractivity contribution in [1.82, 2.24) is 0 Å². The Kier molecular flexibility index (Phi) is 3.37. The highest BCUT2D eigenvalue weighted by molar-refractivity contribution is 5.89. The van der Waals surface area contributed by atoms with E-state index in [0.717, 1.165) is 6.07 Å². The minimum Gasteiger partial charge on any atom is -0.459 e. The Balaban J connectivity index is 2.66. The molecule has 0 N–H and O–H groups in total. The summed E-state index contributed by atoms with van der Waals surface area (Å²) < 4.78 is 28.6. The molecule has 1 aromatic carbocycles. The van der Waals surface area contributed by atoms with Crippen LogP contribution in [0.4, 0.5) is 8.78 Å². The first kappa shape index (κ1) is 9.64. The van der Waals surface area contributed by atoms with Crippen LogP contribution in [0.3, 0.4) is 0 Å². The molecular weight excluding hydrogens is 178 g/mol. The van der Waals surface area contributed by atoms with Gasteiger partial charge in [-0.05, 0) is 18.2 Å². The van der Waals surface area contributed by atoms with Crippen LogP contribution in [0.2, 0.25) is 0 Å². The zero-order valence-electron chi connectivity index (χ0n) is 6.80. The maximum absolute atomic E-state index is 12.6. The van der Waals surface area contributed by atoms with Gasteiger partial charge in [0.15, 0.2) is 0 Å². The van der Waals surface area contributed by atoms with E-state index in [1.54, 1.807) is 0 Å². The Morgan fingerprint density at radius 1 is 1.46 bits per heavy atom. The van der Waals surface area contributed by atoms with E-state index in [4.69, 9.17) is 0 Å². The summed E-state index contributed by atoms with van der Waals surface area (Å²) >= 11 is 0. The van der Waals surface area contributed by atoms with Crippen molar-refractivity contribution in [2.24, 2.45) is 0 Å². The van der Waals surface area contributed by atoms with Crippen molar-refractivity contribution < 1.29 is 18.3 Å². The number of alkyl halides is 1. The number of rotatable bonds is 3. The third kappa shape index (κ3) is 2.82. The third-order valence-electron chi connectivity index (χ3n) is 1.37. The van der Waals surface area contributed by atoms with Crippen LogP contribution < -0.4 is 0 Å². The molecule has 0 bridgehead atoms. The van der Waals surface area contributed by atoms with Gasteiger partial charge in [-0.15, -0.1) is 0 Å². The molecule has 70 valence electrons. The van der Waals surface area contributed by atoms with E-state index in [0.29, 0.717) is 0 Å². The van der Waals surface area contributed by atoms with Crippen molar-refractivity contribution in [2.45, 2.75) is 0 Å². The highest BCUT2D eigenvalue weighted by Gasteiger charge is 2.06. The van der Waals surface area contributed by atoms with Crippen molar-refractivity contribution >= 4 is 5.97 Å². The van der Waals surface area contributed by atoms with Crippen molar-refractivity contribution in [3.8, 4) is 0 Å². The van der Waals surface area contributed by atoms with Gasteiger partial charge < -0.3 is 4.74 Å². The van der Waals surface area contributed by atoms with Gasteiger partial charge in [-0.1, -0.05) is 6.07 Å². The maximum atomic E-state index is 12.6. The predicted molar refractivity (Wildman–Crippen MR) is 42.7 cm³/mol. The fourth-order valence-corrected chi connectivity index (χ4v) is 0.830. The molecule has 0 aliphatic heterocycles. The lowest BCUT2D eigenvalue weighted by Crippen LogP contribution is -2.07. The molecule has 1 rings (SSSR count). The van der Waals surface area contributed by atoms with Gasteiger partial charge in [0.2, 0.25) is 0 Å². The van der Waals surface area contributed by atoms with E-state index in [9.17, 15) is 13.6 Å². The summed E-state index contributed by atoms with van der Waals surface area (Å²) in [5, 5.41) is 0. The van der Waals surface area contributed by atoms with E-state index in [2.05, 4.69) is 4.74 Å².